The van der Waals surface area contributed by atoms with Crippen molar-refractivity contribution in [2.45, 2.75) is 11.8 Å². The van der Waals surface area contributed by atoms with Gasteiger partial charge in [0.1, 0.15) is 11.4 Å². The molecule has 112 valence electrons. The summed E-state index contributed by atoms with van der Waals surface area (Å²) in [4.78, 5) is 0. The fourth-order valence-corrected chi connectivity index (χ4v) is 2.12. The molecule has 2 aromatic rings. The molecule has 0 heterocycles. The molecule has 6 heteroatoms. The van der Waals surface area contributed by atoms with Crippen LogP contribution in [-0.2, 0) is 11.8 Å². The third-order valence-corrected chi connectivity index (χ3v) is 3.30. The molecule has 0 amide bonds. The van der Waals surface area contributed by atoms with Gasteiger partial charge >= 0.3 is 6.18 Å². The van der Waals surface area contributed by atoms with Crippen LogP contribution < -0.4 is 5.73 Å². The molecule has 0 saturated heterocycles. The zero-order valence-corrected chi connectivity index (χ0v) is 10.9. The Hall–Kier alpha value is -1.92. The smallest absolute Gasteiger partial charge is 0.379 e. The van der Waals surface area contributed by atoms with Crippen molar-refractivity contribution in [3.05, 3.63) is 71.0 Å². The van der Waals surface area contributed by atoms with E-state index < -0.39 is 23.2 Å². The molecule has 1 unspecified atom stereocenters. The highest BCUT2D eigenvalue weighted by Crippen LogP contribution is 2.36. The Kier molecular flexibility index (Phi) is 4.02. The van der Waals surface area contributed by atoms with Gasteiger partial charge in [-0.15, -0.1) is 0 Å². The molecule has 1 atom stereocenters. The van der Waals surface area contributed by atoms with E-state index >= 15 is 0 Å². The quantitative estimate of drug-likeness (QED) is 0.856. The Morgan fingerprint density at radius 3 is 2.10 bits per heavy atom. The summed E-state index contributed by atoms with van der Waals surface area (Å²) in [6.45, 7) is -0.333. The zero-order chi connectivity index (χ0) is 15.7. The topological polar surface area (TPSA) is 46.2 Å². The Balaban J connectivity index is 2.59. The van der Waals surface area contributed by atoms with E-state index in [9.17, 15) is 22.7 Å². The average Bonchev–Trinajstić information content (AvgIpc) is 2.46. The van der Waals surface area contributed by atoms with Gasteiger partial charge in [-0.05, 0) is 23.3 Å². The van der Waals surface area contributed by atoms with Gasteiger partial charge in [0, 0.05) is 6.54 Å². The van der Waals surface area contributed by atoms with Crippen molar-refractivity contribution in [1.82, 2.24) is 0 Å². The molecule has 0 aromatic heterocycles. The van der Waals surface area contributed by atoms with Crippen LogP contribution in [0, 0.1) is 5.82 Å². The molecule has 2 aromatic carbocycles. The minimum absolute atomic E-state index is 0.107. The van der Waals surface area contributed by atoms with Gasteiger partial charge in [0.05, 0.1) is 5.56 Å². The van der Waals surface area contributed by atoms with Crippen LogP contribution in [0.1, 0.15) is 16.7 Å². The van der Waals surface area contributed by atoms with E-state index in [0.29, 0.717) is 17.7 Å². The average molecular weight is 299 g/mol. The van der Waals surface area contributed by atoms with E-state index in [1.165, 1.54) is 0 Å². The molecule has 0 aliphatic heterocycles. The van der Waals surface area contributed by atoms with Gasteiger partial charge in [-0.1, -0.05) is 36.4 Å². The van der Waals surface area contributed by atoms with Crippen molar-refractivity contribution < 1.29 is 22.7 Å². The third kappa shape index (κ3) is 2.91. The monoisotopic (exact) mass is 299 g/mol. The first-order chi connectivity index (χ1) is 9.79. The SMILES string of the molecule is NCC(O)(c1ccccc1)c1ccc(F)c(C(F)(F)F)c1. The number of rotatable bonds is 3. The number of alkyl halides is 3. The van der Waals surface area contributed by atoms with Gasteiger partial charge in [0.15, 0.2) is 0 Å². The van der Waals surface area contributed by atoms with Crippen LogP contribution in [0.5, 0.6) is 0 Å². The van der Waals surface area contributed by atoms with Crippen LogP contribution >= 0.6 is 0 Å². The normalized spacial score (nSPS) is 14.8. The highest BCUT2D eigenvalue weighted by molar-refractivity contribution is 5.39. The molecule has 21 heavy (non-hydrogen) atoms. The Labute approximate surface area is 118 Å². The fraction of sp³-hybridized carbons (Fsp3) is 0.200. The van der Waals surface area contributed by atoms with E-state index in [0.717, 1.165) is 6.07 Å². The first-order valence-corrected chi connectivity index (χ1v) is 6.14. The second-order valence-corrected chi connectivity index (χ2v) is 4.62. The van der Waals surface area contributed by atoms with Gasteiger partial charge in [-0.2, -0.15) is 13.2 Å². The molecule has 2 rings (SSSR count). The van der Waals surface area contributed by atoms with E-state index in [-0.39, 0.29) is 12.1 Å². The lowest BCUT2D eigenvalue weighted by Crippen LogP contribution is -2.36. The van der Waals surface area contributed by atoms with Crippen molar-refractivity contribution in [3.8, 4) is 0 Å². The van der Waals surface area contributed by atoms with Crippen molar-refractivity contribution in [2.75, 3.05) is 6.54 Å². The number of nitrogens with two attached hydrogens (primary N) is 1. The van der Waals surface area contributed by atoms with Crippen molar-refractivity contribution >= 4 is 0 Å². The molecule has 0 aliphatic rings. The summed E-state index contributed by atoms with van der Waals surface area (Å²) < 4.78 is 51.6. The molecule has 0 saturated carbocycles. The molecule has 0 bridgehead atoms. The molecule has 0 radical (unpaired) electrons. The van der Waals surface area contributed by atoms with Crippen LogP contribution in [0.25, 0.3) is 0 Å². The summed E-state index contributed by atoms with van der Waals surface area (Å²) in [5.41, 5.74) is 2.54. The highest BCUT2D eigenvalue weighted by Gasteiger charge is 2.37. The minimum atomic E-state index is -4.84. The lowest BCUT2D eigenvalue weighted by molar-refractivity contribution is -0.140. The Morgan fingerprint density at radius 2 is 1.57 bits per heavy atom. The van der Waals surface area contributed by atoms with Gasteiger partial charge in [0.25, 0.3) is 0 Å². The summed E-state index contributed by atoms with van der Waals surface area (Å²) in [5, 5.41) is 10.6. The standard InChI is InChI=1S/C15H13F4NO/c16-13-7-6-11(8-12(13)15(17,18)19)14(21,9-20)10-4-2-1-3-5-10/h1-8,21H,9,20H2. The maximum absolute atomic E-state index is 13.3. The number of hydrogen-bond acceptors (Lipinski definition) is 2. The van der Waals surface area contributed by atoms with Crippen LogP contribution in [0.4, 0.5) is 17.6 Å². The second-order valence-electron chi connectivity index (χ2n) is 4.62. The summed E-state index contributed by atoms with van der Waals surface area (Å²) in [6, 6.07) is 10.4. The van der Waals surface area contributed by atoms with Gasteiger partial charge < -0.3 is 10.8 Å². The third-order valence-electron chi connectivity index (χ3n) is 3.30. The lowest BCUT2D eigenvalue weighted by Gasteiger charge is -2.28. The predicted molar refractivity (Wildman–Crippen MR) is 69.9 cm³/mol. The predicted octanol–water partition coefficient (Wildman–Crippen LogP) is 3.04. The fourth-order valence-electron chi connectivity index (χ4n) is 2.12. The number of hydrogen-bond donors (Lipinski definition) is 2. The second kappa shape index (κ2) is 5.46. The zero-order valence-electron chi connectivity index (χ0n) is 10.9. The van der Waals surface area contributed by atoms with Crippen LogP contribution in [0.15, 0.2) is 48.5 Å². The first-order valence-electron chi connectivity index (χ1n) is 6.14. The Morgan fingerprint density at radius 1 is 0.952 bits per heavy atom. The molecule has 2 nitrogen and oxygen atoms in total. The largest absolute Gasteiger partial charge is 0.419 e. The molecule has 0 fully saturated rings. The van der Waals surface area contributed by atoms with Gasteiger partial charge in [-0.25, -0.2) is 4.39 Å². The summed E-state index contributed by atoms with van der Waals surface area (Å²) >= 11 is 0. The van der Waals surface area contributed by atoms with Crippen LogP contribution in [0.3, 0.4) is 0 Å². The van der Waals surface area contributed by atoms with E-state index in [1.807, 2.05) is 0 Å². The van der Waals surface area contributed by atoms with Crippen LogP contribution in [-0.4, -0.2) is 11.7 Å². The maximum atomic E-state index is 13.3. The molecule has 0 spiro atoms. The van der Waals surface area contributed by atoms with E-state index in [2.05, 4.69) is 0 Å². The van der Waals surface area contributed by atoms with Crippen molar-refractivity contribution in [3.63, 3.8) is 0 Å². The Bertz CT molecular complexity index is 627. The number of benzene rings is 2. The van der Waals surface area contributed by atoms with E-state index in [1.54, 1.807) is 30.3 Å². The van der Waals surface area contributed by atoms with E-state index in [4.69, 9.17) is 5.73 Å². The molecule has 3 N–H and O–H groups in total. The van der Waals surface area contributed by atoms with Crippen LogP contribution in [0.2, 0.25) is 0 Å². The minimum Gasteiger partial charge on any atom is -0.379 e. The molecule has 0 aliphatic carbocycles. The highest BCUT2D eigenvalue weighted by atomic mass is 19.4. The number of aliphatic hydroxyl groups is 1. The summed E-state index contributed by atoms with van der Waals surface area (Å²) in [6.07, 6.45) is -4.84. The molecular weight excluding hydrogens is 286 g/mol. The van der Waals surface area contributed by atoms with Crippen molar-refractivity contribution in [2.24, 2.45) is 5.73 Å². The maximum Gasteiger partial charge on any atom is 0.419 e. The summed E-state index contributed by atoms with van der Waals surface area (Å²) in [5.74, 6) is -1.39. The first kappa shape index (κ1) is 15.5. The van der Waals surface area contributed by atoms with Crippen molar-refractivity contribution in [1.29, 1.82) is 0 Å². The summed E-state index contributed by atoms with van der Waals surface area (Å²) in [7, 11) is 0. The molecular formula is C15H13F4NO. The van der Waals surface area contributed by atoms with Gasteiger partial charge in [-0.3, -0.25) is 0 Å². The number of halogens is 4. The van der Waals surface area contributed by atoms with Gasteiger partial charge in [0.2, 0.25) is 0 Å². The lowest BCUT2D eigenvalue weighted by atomic mass is 9.85.